The van der Waals surface area contributed by atoms with Gasteiger partial charge < -0.3 is 49.1 Å². The summed E-state index contributed by atoms with van der Waals surface area (Å²) in [4.78, 5) is 26.4. The number of rotatable bonds is 13. The van der Waals surface area contributed by atoms with Gasteiger partial charge in [-0.05, 0) is 61.4 Å². The largest absolute Gasteiger partial charge is 0.504 e. The molecule has 1 aromatic heterocycles. The van der Waals surface area contributed by atoms with Crippen molar-refractivity contribution in [3.05, 3.63) is 75.9 Å². The molecule has 1 aliphatic rings. The minimum atomic E-state index is -1.86. The van der Waals surface area contributed by atoms with Crippen molar-refractivity contribution < 1.29 is 48.6 Å². The summed E-state index contributed by atoms with van der Waals surface area (Å²) in [5.74, 6) is -0.979. The van der Waals surface area contributed by atoms with E-state index in [9.17, 15) is 30.0 Å². The highest BCUT2D eigenvalue weighted by Gasteiger charge is 2.48. The molecule has 12 nitrogen and oxygen atoms in total. The van der Waals surface area contributed by atoms with Crippen molar-refractivity contribution in [1.82, 2.24) is 0 Å². The molecule has 5 unspecified atom stereocenters. The monoisotopic (exact) mass is 683 g/mol. The normalized spacial score (nSPS) is 20.8. The van der Waals surface area contributed by atoms with Crippen molar-refractivity contribution in [3.63, 3.8) is 0 Å². The summed E-state index contributed by atoms with van der Waals surface area (Å²) in [5.41, 5.74) is 0.290. The number of hydrogen-bond donors (Lipinski definition) is 5. The predicted octanol–water partition coefficient (Wildman–Crippen LogP) is 5.00. The Balaban J connectivity index is 1.47. The molecule has 1 amide bonds. The molecule has 0 bridgehead atoms. The Morgan fingerprint density at radius 2 is 1.56 bits per heavy atom. The second-order valence-corrected chi connectivity index (χ2v) is 11.8. The lowest BCUT2D eigenvalue weighted by Crippen LogP contribution is -2.62. The number of carbonyl (C=O) groups is 1. The van der Waals surface area contributed by atoms with Crippen LogP contribution in [0.25, 0.3) is 22.3 Å². The molecule has 1 fully saturated rings. The Hall–Kier alpha value is -4.33. The van der Waals surface area contributed by atoms with E-state index in [4.69, 9.17) is 35.0 Å². The molecule has 256 valence electrons. The van der Waals surface area contributed by atoms with Gasteiger partial charge in [0.1, 0.15) is 40.8 Å². The van der Waals surface area contributed by atoms with Gasteiger partial charge in [0, 0.05) is 28.4 Å². The number of anilines is 1. The third-order valence-electron chi connectivity index (χ3n) is 7.75. The quantitative estimate of drug-likeness (QED) is 0.120. The first kappa shape index (κ1) is 35.0. The fourth-order valence-electron chi connectivity index (χ4n) is 5.03. The van der Waals surface area contributed by atoms with Crippen molar-refractivity contribution in [1.29, 1.82) is 0 Å². The number of unbranched alkanes of at least 4 members (excludes halogenated alkanes) is 2. The predicted molar refractivity (Wildman–Crippen MR) is 178 cm³/mol. The van der Waals surface area contributed by atoms with Crippen molar-refractivity contribution >= 4 is 34.2 Å². The molecule has 2 heterocycles. The molecule has 13 heteroatoms. The highest BCUT2D eigenvalue weighted by Crippen LogP contribution is 2.44. The van der Waals surface area contributed by atoms with Crippen molar-refractivity contribution in [2.75, 3.05) is 18.5 Å². The molecule has 0 spiro atoms. The second kappa shape index (κ2) is 15.7. The Bertz CT molecular complexity index is 1760. The van der Waals surface area contributed by atoms with E-state index in [1.165, 1.54) is 24.3 Å². The van der Waals surface area contributed by atoms with E-state index >= 15 is 0 Å². The molecular weight excluding hydrogens is 646 g/mol. The summed E-state index contributed by atoms with van der Waals surface area (Å²) in [5, 5.41) is 46.2. The third-order valence-corrected chi connectivity index (χ3v) is 8.00. The number of nitrogens with one attached hydrogen (secondary N) is 1. The van der Waals surface area contributed by atoms with Crippen LogP contribution >= 0.6 is 11.6 Å². The third kappa shape index (κ3) is 7.86. The Labute approximate surface area is 281 Å². The van der Waals surface area contributed by atoms with Gasteiger partial charge in [0.05, 0.1) is 13.2 Å². The van der Waals surface area contributed by atoms with Crippen LogP contribution in [-0.2, 0) is 9.53 Å². The van der Waals surface area contributed by atoms with Crippen LogP contribution in [0.15, 0.2) is 69.9 Å². The smallest absolute Gasteiger partial charge is 0.256 e. The number of phenolic OH excluding ortho intramolecular Hbond substituents is 1. The average Bonchev–Trinajstić information content (AvgIpc) is 3.07. The Morgan fingerprint density at radius 3 is 2.23 bits per heavy atom. The summed E-state index contributed by atoms with van der Waals surface area (Å²) < 4.78 is 29.2. The molecule has 1 saturated heterocycles. The number of aliphatic hydroxyl groups is 3. The van der Waals surface area contributed by atoms with E-state index in [-0.39, 0.29) is 34.8 Å². The van der Waals surface area contributed by atoms with Crippen LogP contribution in [-0.4, -0.2) is 70.3 Å². The van der Waals surface area contributed by atoms with Crippen molar-refractivity contribution in [2.24, 2.45) is 0 Å². The summed E-state index contributed by atoms with van der Waals surface area (Å²) in [7, 11) is 0. The molecule has 0 radical (unpaired) electrons. The maximum absolute atomic E-state index is 13.3. The van der Waals surface area contributed by atoms with E-state index in [0.717, 1.165) is 19.3 Å². The summed E-state index contributed by atoms with van der Waals surface area (Å²) in [6.07, 6.45) is -5.65. The molecule has 1 aliphatic heterocycles. The lowest BCUT2D eigenvalue weighted by atomic mass is 9.98. The maximum atomic E-state index is 13.3. The zero-order valence-corrected chi connectivity index (χ0v) is 27.2. The molecule has 0 saturated carbocycles. The van der Waals surface area contributed by atoms with Crippen molar-refractivity contribution in [2.45, 2.75) is 70.2 Å². The van der Waals surface area contributed by atoms with Gasteiger partial charge >= 0.3 is 0 Å². The van der Waals surface area contributed by atoms with E-state index < -0.39 is 47.8 Å². The van der Waals surface area contributed by atoms with Gasteiger partial charge in [-0.1, -0.05) is 38.3 Å². The van der Waals surface area contributed by atoms with E-state index in [2.05, 4.69) is 12.2 Å². The molecule has 4 aromatic rings. The van der Waals surface area contributed by atoms with Gasteiger partial charge in [0.25, 0.3) is 5.91 Å². The van der Waals surface area contributed by atoms with Crippen LogP contribution in [0.2, 0.25) is 5.02 Å². The van der Waals surface area contributed by atoms with E-state index in [1.54, 1.807) is 36.4 Å². The van der Waals surface area contributed by atoms with Gasteiger partial charge in [0.2, 0.25) is 12.0 Å². The first-order valence-corrected chi connectivity index (χ1v) is 16.1. The van der Waals surface area contributed by atoms with Crippen LogP contribution in [0.1, 0.15) is 39.5 Å². The Kier molecular flexibility index (Phi) is 11.5. The first-order valence-electron chi connectivity index (χ1n) is 15.7. The minimum Gasteiger partial charge on any atom is -0.504 e. The number of ether oxygens (including phenoxy) is 4. The molecule has 48 heavy (non-hydrogen) atoms. The number of fused-ring (bicyclic) bond motifs is 1. The number of amides is 1. The molecule has 3 aromatic carbocycles. The number of halogens is 1. The molecular formula is C35H38ClNO11. The summed E-state index contributed by atoms with van der Waals surface area (Å²) in [6, 6.07) is 15.7. The minimum absolute atomic E-state index is 0.0703. The molecule has 5 atom stereocenters. The zero-order chi connectivity index (χ0) is 34.4. The lowest BCUT2D eigenvalue weighted by molar-refractivity contribution is -0.265. The van der Waals surface area contributed by atoms with Crippen LogP contribution < -0.4 is 25.0 Å². The van der Waals surface area contributed by atoms with Gasteiger partial charge in [0.15, 0.2) is 23.0 Å². The SMILES string of the molecule is CCCCOc1ccc(-c2cc(=O)c3c(O)c(OCCCC)c(OC4OC(C(=O)Nc5ccc(Cl)cc5)C(O)C(O)C4O)cc3o2)cc1. The van der Waals surface area contributed by atoms with Gasteiger partial charge in [-0.3, -0.25) is 9.59 Å². The van der Waals surface area contributed by atoms with Crippen molar-refractivity contribution in [3.8, 4) is 34.3 Å². The number of carbonyl (C=O) groups excluding carboxylic acids is 1. The number of phenols is 1. The fourth-order valence-corrected chi connectivity index (χ4v) is 5.16. The van der Waals surface area contributed by atoms with E-state index in [0.29, 0.717) is 35.1 Å². The average molecular weight is 684 g/mol. The molecule has 5 N–H and O–H groups in total. The van der Waals surface area contributed by atoms with Crippen LogP contribution in [0.3, 0.4) is 0 Å². The molecule has 5 rings (SSSR count). The first-order chi connectivity index (χ1) is 23.1. The molecule has 0 aliphatic carbocycles. The van der Waals surface area contributed by atoms with Gasteiger partial charge in [-0.15, -0.1) is 0 Å². The van der Waals surface area contributed by atoms with E-state index in [1.807, 2.05) is 6.92 Å². The topological polar surface area (TPSA) is 177 Å². The highest BCUT2D eigenvalue weighted by atomic mass is 35.5. The van der Waals surface area contributed by atoms with Crippen LogP contribution in [0.4, 0.5) is 5.69 Å². The number of hydrogen-bond acceptors (Lipinski definition) is 11. The maximum Gasteiger partial charge on any atom is 0.256 e. The number of aliphatic hydroxyl groups excluding tert-OH is 3. The number of benzene rings is 3. The van der Waals surface area contributed by atoms with Crippen LogP contribution in [0, 0.1) is 0 Å². The summed E-state index contributed by atoms with van der Waals surface area (Å²) >= 11 is 5.91. The lowest BCUT2D eigenvalue weighted by Gasteiger charge is -2.39. The Morgan fingerprint density at radius 1 is 0.896 bits per heavy atom. The fraction of sp³-hybridized carbons (Fsp3) is 0.371. The standard InChI is InChI=1S/C35H38ClNO11/c1-3-5-15-44-22-13-7-19(8-14-22)24-17-23(38)27-25(46-24)18-26(32(28(27)39)45-16-6-4-2)47-35-31(42)29(40)30(41)33(48-35)34(43)37-21-11-9-20(36)10-12-21/h7-14,17-18,29-31,33,35,39-42H,3-6,15-16H2,1-2H3,(H,37,43). The van der Waals surface area contributed by atoms with Crippen LogP contribution in [0.5, 0.6) is 23.0 Å². The second-order valence-electron chi connectivity index (χ2n) is 11.3. The number of aromatic hydroxyl groups is 1. The zero-order valence-electron chi connectivity index (χ0n) is 26.4. The summed E-state index contributed by atoms with van der Waals surface area (Å²) in [6.45, 7) is 4.73. The highest BCUT2D eigenvalue weighted by molar-refractivity contribution is 6.30. The van der Waals surface area contributed by atoms with Gasteiger partial charge in [-0.2, -0.15) is 0 Å². The van der Waals surface area contributed by atoms with Gasteiger partial charge in [-0.25, -0.2) is 0 Å².